The van der Waals surface area contributed by atoms with Gasteiger partial charge in [-0.1, -0.05) is 11.6 Å². The third-order valence-corrected chi connectivity index (χ3v) is 2.21. The molecule has 0 aliphatic rings. The maximum atomic E-state index is 12.6. The maximum absolute atomic E-state index is 12.6. The van der Waals surface area contributed by atoms with Crippen molar-refractivity contribution in [3.05, 3.63) is 28.8 Å². The fourth-order valence-electron chi connectivity index (χ4n) is 1.13. The molecule has 0 saturated carbocycles. The Hall–Kier alpha value is -0.910. The molecule has 0 radical (unpaired) electrons. The highest BCUT2D eigenvalue weighted by Gasteiger charge is 2.26. The highest BCUT2D eigenvalue weighted by Crippen LogP contribution is 2.21. The minimum absolute atomic E-state index is 0.00999. The lowest BCUT2D eigenvalue weighted by Crippen LogP contribution is -2.35. The van der Waals surface area contributed by atoms with Crippen LogP contribution in [0.25, 0.3) is 0 Å². The summed E-state index contributed by atoms with van der Waals surface area (Å²) in [6, 6.07) is 4.38. The number of nitrogens with one attached hydrogen (secondary N) is 1. The van der Waals surface area contributed by atoms with Crippen molar-refractivity contribution in [2.45, 2.75) is 12.5 Å². The monoisotopic (exact) mass is 251 g/mol. The lowest BCUT2D eigenvalue weighted by atomic mass is 10.2. The Morgan fingerprint density at radius 3 is 2.69 bits per heavy atom. The molecule has 3 N–H and O–H groups in total. The van der Waals surface area contributed by atoms with Crippen molar-refractivity contribution in [2.75, 3.05) is 13.2 Å². The minimum atomic E-state index is -3.16. The Bertz CT molecular complexity index is 361. The smallest absolute Gasteiger partial charge is 0.282 e. The van der Waals surface area contributed by atoms with Crippen molar-refractivity contribution < 1.29 is 19.0 Å². The lowest BCUT2D eigenvalue weighted by Gasteiger charge is -2.14. The Balaban J connectivity index is 2.52. The summed E-state index contributed by atoms with van der Waals surface area (Å²) in [5.41, 5.74) is 0.432. The number of aliphatic hydroxyl groups is 1. The lowest BCUT2D eigenvalue weighted by molar-refractivity contribution is -0.0478. The second kappa shape index (κ2) is 5.43. The number of aliphatic hydroxyl groups excluding tert-OH is 1. The summed E-state index contributed by atoms with van der Waals surface area (Å²) in [5, 5.41) is 20.6. The van der Waals surface area contributed by atoms with E-state index < -0.39 is 19.1 Å². The fraction of sp³-hybridized carbons (Fsp3) is 0.400. The molecule has 0 bridgehead atoms. The molecule has 0 fully saturated rings. The molecule has 0 amide bonds. The first-order chi connectivity index (χ1) is 7.44. The highest BCUT2D eigenvalue weighted by molar-refractivity contribution is 6.30. The van der Waals surface area contributed by atoms with Gasteiger partial charge >= 0.3 is 0 Å². The average molecular weight is 252 g/mol. The number of hydrogen-bond acceptors (Lipinski definition) is 3. The van der Waals surface area contributed by atoms with Crippen LogP contribution in [0.4, 0.5) is 8.78 Å². The van der Waals surface area contributed by atoms with E-state index in [9.17, 15) is 13.9 Å². The van der Waals surface area contributed by atoms with Crippen LogP contribution in [0, 0.1) is 0 Å². The maximum Gasteiger partial charge on any atom is 0.282 e. The van der Waals surface area contributed by atoms with E-state index in [0.29, 0.717) is 10.6 Å². The van der Waals surface area contributed by atoms with Crippen molar-refractivity contribution in [1.29, 1.82) is 0 Å². The van der Waals surface area contributed by atoms with Gasteiger partial charge in [-0.05, 0) is 18.2 Å². The number of benzene rings is 1. The van der Waals surface area contributed by atoms with Crippen molar-refractivity contribution in [3.8, 4) is 5.75 Å². The van der Waals surface area contributed by atoms with Gasteiger partial charge in [-0.15, -0.1) is 0 Å². The van der Waals surface area contributed by atoms with Crippen LogP contribution in [-0.4, -0.2) is 29.3 Å². The predicted molar refractivity (Wildman–Crippen MR) is 56.9 cm³/mol. The summed E-state index contributed by atoms with van der Waals surface area (Å²) in [6.07, 6.45) is 0. The third kappa shape index (κ3) is 3.92. The van der Waals surface area contributed by atoms with Gasteiger partial charge in [0.2, 0.25) is 0 Å². The SMILES string of the molecule is OCC(F)(F)CNCc1cc(Cl)ccc1O. The third-order valence-electron chi connectivity index (χ3n) is 1.97. The Labute approximate surface area is 96.7 Å². The molecule has 0 spiro atoms. The number of rotatable bonds is 5. The summed E-state index contributed by atoms with van der Waals surface area (Å²) in [4.78, 5) is 0. The van der Waals surface area contributed by atoms with E-state index in [4.69, 9.17) is 16.7 Å². The molecule has 0 aliphatic carbocycles. The first-order valence-corrected chi connectivity index (χ1v) is 4.99. The summed E-state index contributed by atoms with van der Waals surface area (Å²) in [5.74, 6) is -3.17. The van der Waals surface area contributed by atoms with Crippen LogP contribution >= 0.6 is 11.6 Å². The zero-order valence-electron chi connectivity index (χ0n) is 8.38. The molecule has 1 aromatic carbocycles. The van der Waals surface area contributed by atoms with Crippen LogP contribution < -0.4 is 5.32 Å². The van der Waals surface area contributed by atoms with Crippen molar-refractivity contribution in [3.63, 3.8) is 0 Å². The number of aromatic hydroxyl groups is 1. The van der Waals surface area contributed by atoms with E-state index >= 15 is 0 Å². The number of phenolic OH excluding ortho intramolecular Hbond substituents is 1. The molecule has 0 unspecified atom stereocenters. The van der Waals surface area contributed by atoms with E-state index in [0.717, 1.165) is 0 Å². The molecule has 90 valence electrons. The number of phenols is 1. The van der Waals surface area contributed by atoms with Gasteiger partial charge in [-0.3, -0.25) is 0 Å². The van der Waals surface area contributed by atoms with Gasteiger partial charge in [0.05, 0.1) is 6.54 Å². The topological polar surface area (TPSA) is 52.5 Å². The zero-order valence-corrected chi connectivity index (χ0v) is 9.14. The second-order valence-corrected chi connectivity index (χ2v) is 3.83. The van der Waals surface area contributed by atoms with Crippen LogP contribution in [0.3, 0.4) is 0 Å². The summed E-state index contributed by atoms with van der Waals surface area (Å²) in [6.45, 7) is -1.81. The van der Waals surface area contributed by atoms with Gasteiger partial charge in [0, 0.05) is 17.1 Å². The zero-order chi connectivity index (χ0) is 12.2. The van der Waals surface area contributed by atoms with E-state index in [1.54, 1.807) is 0 Å². The second-order valence-electron chi connectivity index (χ2n) is 3.39. The summed E-state index contributed by atoms with van der Waals surface area (Å²) >= 11 is 5.69. The molecule has 1 rings (SSSR count). The molecule has 0 atom stereocenters. The van der Waals surface area contributed by atoms with Crippen LogP contribution in [0.5, 0.6) is 5.75 Å². The molecule has 0 aromatic heterocycles. The molecule has 3 nitrogen and oxygen atoms in total. The number of alkyl halides is 2. The molecule has 1 aromatic rings. The van der Waals surface area contributed by atoms with E-state index in [1.807, 2.05) is 0 Å². The van der Waals surface area contributed by atoms with Crippen LogP contribution in [0.1, 0.15) is 5.56 Å². The van der Waals surface area contributed by atoms with E-state index in [-0.39, 0.29) is 12.3 Å². The molecular weight excluding hydrogens is 240 g/mol. The van der Waals surface area contributed by atoms with Crippen LogP contribution in [0.15, 0.2) is 18.2 Å². The number of halogens is 3. The Morgan fingerprint density at radius 2 is 2.06 bits per heavy atom. The molecule has 16 heavy (non-hydrogen) atoms. The first-order valence-electron chi connectivity index (χ1n) is 4.61. The van der Waals surface area contributed by atoms with E-state index in [1.165, 1.54) is 18.2 Å². The number of hydrogen-bond donors (Lipinski definition) is 3. The molecular formula is C10H12ClF2NO2. The van der Waals surface area contributed by atoms with Gasteiger partial charge < -0.3 is 15.5 Å². The summed E-state index contributed by atoms with van der Waals surface area (Å²) in [7, 11) is 0. The van der Waals surface area contributed by atoms with E-state index in [2.05, 4.69) is 5.32 Å². The fourth-order valence-corrected chi connectivity index (χ4v) is 1.33. The highest BCUT2D eigenvalue weighted by atomic mass is 35.5. The van der Waals surface area contributed by atoms with Crippen molar-refractivity contribution in [1.82, 2.24) is 5.32 Å². The van der Waals surface area contributed by atoms with Gasteiger partial charge in [-0.25, -0.2) is 8.78 Å². The van der Waals surface area contributed by atoms with Crippen molar-refractivity contribution in [2.24, 2.45) is 0 Å². The molecule has 0 aliphatic heterocycles. The van der Waals surface area contributed by atoms with Crippen LogP contribution in [-0.2, 0) is 6.54 Å². The molecule has 0 saturated heterocycles. The largest absolute Gasteiger partial charge is 0.508 e. The standard InChI is InChI=1S/C10H12ClF2NO2/c11-8-1-2-9(16)7(3-8)4-14-5-10(12,13)6-15/h1-3,14-16H,4-6H2. The average Bonchev–Trinajstić information content (AvgIpc) is 2.23. The van der Waals surface area contributed by atoms with Gasteiger partial charge in [0.25, 0.3) is 5.92 Å². The summed E-state index contributed by atoms with van der Waals surface area (Å²) < 4.78 is 25.3. The van der Waals surface area contributed by atoms with Crippen molar-refractivity contribution >= 4 is 11.6 Å². The normalized spacial score (nSPS) is 11.8. The molecule has 0 heterocycles. The molecule has 6 heteroatoms. The van der Waals surface area contributed by atoms with Gasteiger partial charge in [0.15, 0.2) is 0 Å². The quantitative estimate of drug-likeness (QED) is 0.748. The Kier molecular flexibility index (Phi) is 4.46. The van der Waals surface area contributed by atoms with Gasteiger partial charge in [-0.2, -0.15) is 0 Å². The first kappa shape index (κ1) is 13.2. The minimum Gasteiger partial charge on any atom is -0.508 e. The van der Waals surface area contributed by atoms with Gasteiger partial charge in [0.1, 0.15) is 12.4 Å². The Morgan fingerprint density at radius 1 is 1.38 bits per heavy atom. The van der Waals surface area contributed by atoms with Crippen LogP contribution in [0.2, 0.25) is 5.02 Å². The predicted octanol–water partition coefficient (Wildman–Crippen LogP) is 1.76.